The molecule has 0 atom stereocenters. The van der Waals surface area contributed by atoms with E-state index in [2.05, 4.69) is 5.32 Å². The highest BCUT2D eigenvalue weighted by atomic mass is 127. The summed E-state index contributed by atoms with van der Waals surface area (Å²) in [5.41, 5.74) is 1.99. The molecule has 0 bridgehead atoms. The minimum atomic E-state index is -0.249. The Kier molecular flexibility index (Phi) is 4.98. The Morgan fingerprint density at radius 1 is 1.57 bits per heavy atom. The molecule has 1 aromatic carbocycles. The van der Waals surface area contributed by atoms with Gasteiger partial charge >= 0.3 is 0 Å². The first-order valence-corrected chi connectivity index (χ1v) is 5.67. The number of nitrogens with one attached hydrogen (secondary N) is 1. The number of hydrogen-bond acceptors (Lipinski definition) is 1. The van der Waals surface area contributed by atoms with Crippen LogP contribution in [0.1, 0.15) is 0 Å². The second kappa shape index (κ2) is 5.78. The monoisotopic (exact) mass is 345 g/mol. The average Bonchev–Trinajstić information content (AvgIpc) is 2.20. The number of anilines is 1. The van der Waals surface area contributed by atoms with Crippen LogP contribution in [0.5, 0.6) is 0 Å². The zero-order valence-electron chi connectivity index (χ0n) is 7.03. The molecule has 1 N–H and O–H groups in total. The first-order chi connectivity index (χ1) is 6.65. The highest BCUT2D eigenvalue weighted by molar-refractivity contribution is 14.1. The third-order valence-corrected chi connectivity index (χ3v) is 3.23. The molecule has 0 saturated carbocycles. The van der Waals surface area contributed by atoms with Crippen molar-refractivity contribution in [3.8, 4) is 0 Å². The maximum Gasteiger partial charge on any atom is 0.138 e. The largest absolute Gasteiger partial charge is 0.379 e. The average molecular weight is 346 g/mol. The van der Waals surface area contributed by atoms with Crippen LogP contribution in [0.15, 0.2) is 28.8 Å². The van der Waals surface area contributed by atoms with Gasteiger partial charge in [-0.15, -0.1) is 0 Å². The molecule has 0 saturated heterocycles. The Bertz CT molecular complexity index is 355. The lowest BCUT2D eigenvalue weighted by Gasteiger charge is -2.07. The second-order valence-corrected chi connectivity index (χ2v) is 4.29. The molecule has 0 aliphatic heterocycles. The van der Waals surface area contributed by atoms with E-state index in [0.717, 1.165) is 0 Å². The quantitative estimate of drug-likeness (QED) is 0.811. The molecular weight excluding hydrogens is 339 g/mol. The third-order valence-electron chi connectivity index (χ3n) is 1.52. The standard InChI is InChI=1S/C9H7Cl2FIN/c10-4-6(11)5-14-8-3-1-2-7(12)9(8)13/h1-4,14H,5H2/b6-4-. The third kappa shape index (κ3) is 3.29. The summed E-state index contributed by atoms with van der Waals surface area (Å²) in [6.07, 6.45) is 0. The SMILES string of the molecule is Fc1cccc(NC/C(Cl)=C/Cl)c1I. The van der Waals surface area contributed by atoms with Gasteiger partial charge in [-0.05, 0) is 34.7 Å². The molecule has 0 aromatic heterocycles. The summed E-state index contributed by atoms with van der Waals surface area (Å²) in [4.78, 5) is 0. The van der Waals surface area contributed by atoms with Gasteiger partial charge in [0.15, 0.2) is 0 Å². The first kappa shape index (κ1) is 12.1. The fourth-order valence-corrected chi connectivity index (χ4v) is 1.55. The van der Waals surface area contributed by atoms with Gasteiger partial charge in [0.25, 0.3) is 0 Å². The zero-order chi connectivity index (χ0) is 10.6. The Labute approximate surface area is 105 Å². The molecule has 0 aliphatic carbocycles. The number of rotatable bonds is 3. The van der Waals surface area contributed by atoms with Crippen LogP contribution in [0, 0.1) is 9.39 Å². The fraction of sp³-hybridized carbons (Fsp3) is 0.111. The van der Waals surface area contributed by atoms with Gasteiger partial charge in [-0.25, -0.2) is 4.39 Å². The van der Waals surface area contributed by atoms with Gasteiger partial charge in [0.2, 0.25) is 0 Å². The summed E-state index contributed by atoms with van der Waals surface area (Å²) in [5, 5.41) is 3.45. The van der Waals surface area contributed by atoms with Crippen molar-refractivity contribution in [1.29, 1.82) is 0 Å². The van der Waals surface area contributed by atoms with Crippen molar-refractivity contribution in [3.63, 3.8) is 0 Å². The van der Waals surface area contributed by atoms with Crippen LogP contribution in [-0.2, 0) is 0 Å². The van der Waals surface area contributed by atoms with Crippen molar-refractivity contribution < 1.29 is 4.39 Å². The molecule has 0 amide bonds. The number of benzene rings is 1. The van der Waals surface area contributed by atoms with Crippen LogP contribution in [0.25, 0.3) is 0 Å². The Balaban J connectivity index is 2.73. The molecule has 0 unspecified atom stereocenters. The number of hydrogen-bond donors (Lipinski definition) is 1. The van der Waals surface area contributed by atoms with Crippen molar-refractivity contribution >= 4 is 51.5 Å². The summed E-state index contributed by atoms with van der Waals surface area (Å²) in [7, 11) is 0. The molecule has 0 aliphatic rings. The van der Waals surface area contributed by atoms with Gasteiger partial charge in [-0.2, -0.15) is 0 Å². The van der Waals surface area contributed by atoms with E-state index in [1.165, 1.54) is 11.6 Å². The summed E-state index contributed by atoms with van der Waals surface area (Å²) >= 11 is 13.0. The summed E-state index contributed by atoms with van der Waals surface area (Å²) < 4.78 is 13.6. The van der Waals surface area contributed by atoms with E-state index in [1.54, 1.807) is 12.1 Å². The van der Waals surface area contributed by atoms with E-state index in [0.29, 0.717) is 20.8 Å². The molecule has 0 heterocycles. The molecule has 1 rings (SSSR count). The van der Waals surface area contributed by atoms with Gasteiger partial charge in [0.1, 0.15) is 5.82 Å². The molecule has 14 heavy (non-hydrogen) atoms. The van der Waals surface area contributed by atoms with E-state index >= 15 is 0 Å². The van der Waals surface area contributed by atoms with E-state index < -0.39 is 0 Å². The molecule has 1 nitrogen and oxygen atoms in total. The van der Waals surface area contributed by atoms with Crippen molar-refractivity contribution in [2.45, 2.75) is 0 Å². The van der Waals surface area contributed by atoms with Gasteiger partial charge in [-0.3, -0.25) is 0 Å². The lowest BCUT2D eigenvalue weighted by atomic mass is 10.3. The van der Waals surface area contributed by atoms with Gasteiger partial charge in [0.05, 0.1) is 15.8 Å². The van der Waals surface area contributed by atoms with Gasteiger partial charge in [0, 0.05) is 10.6 Å². The highest BCUT2D eigenvalue weighted by Gasteiger charge is 2.04. The Morgan fingerprint density at radius 3 is 2.93 bits per heavy atom. The van der Waals surface area contributed by atoms with Crippen LogP contribution in [-0.4, -0.2) is 6.54 Å². The Morgan fingerprint density at radius 2 is 2.29 bits per heavy atom. The fourth-order valence-electron chi connectivity index (χ4n) is 0.859. The topological polar surface area (TPSA) is 12.0 Å². The van der Waals surface area contributed by atoms with Crippen LogP contribution < -0.4 is 5.32 Å². The minimum absolute atomic E-state index is 0.249. The Hall–Kier alpha value is -0.000000000000000333. The van der Waals surface area contributed by atoms with E-state index in [1.807, 2.05) is 22.6 Å². The molecule has 0 spiro atoms. The zero-order valence-corrected chi connectivity index (χ0v) is 10.7. The molecular formula is C9H7Cl2FIN. The van der Waals surface area contributed by atoms with Crippen LogP contribution >= 0.6 is 45.8 Å². The number of halogens is 4. The lowest BCUT2D eigenvalue weighted by molar-refractivity contribution is 0.621. The van der Waals surface area contributed by atoms with E-state index in [4.69, 9.17) is 23.2 Å². The van der Waals surface area contributed by atoms with E-state index in [9.17, 15) is 4.39 Å². The first-order valence-electron chi connectivity index (χ1n) is 3.77. The maximum absolute atomic E-state index is 13.1. The van der Waals surface area contributed by atoms with Crippen LogP contribution in [0.4, 0.5) is 10.1 Å². The molecule has 76 valence electrons. The van der Waals surface area contributed by atoms with E-state index in [-0.39, 0.29) is 5.82 Å². The summed E-state index contributed by atoms with van der Waals surface area (Å²) in [6, 6.07) is 4.83. The van der Waals surface area contributed by atoms with Crippen molar-refractivity contribution in [3.05, 3.63) is 38.2 Å². The molecule has 0 radical (unpaired) electrons. The van der Waals surface area contributed by atoms with Gasteiger partial charge in [-0.1, -0.05) is 29.3 Å². The van der Waals surface area contributed by atoms with Crippen molar-refractivity contribution in [2.24, 2.45) is 0 Å². The van der Waals surface area contributed by atoms with Crippen LogP contribution in [0.2, 0.25) is 0 Å². The lowest BCUT2D eigenvalue weighted by Crippen LogP contribution is -2.03. The molecule has 5 heteroatoms. The predicted octanol–water partition coefficient (Wildman–Crippen LogP) is 4.16. The van der Waals surface area contributed by atoms with Gasteiger partial charge < -0.3 is 5.32 Å². The predicted molar refractivity (Wildman–Crippen MR) is 67.4 cm³/mol. The van der Waals surface area contributed by atoms with Crippen molar-refractivity contribution in [2.75, 3.05) is 11.9 Å². The second-order valence-electron chi connectivity index (χ2n) is 2.51. The highest BCUT2D eigenvalue weighted by Crippen LogP contribution is 2.21. The maximum atomic E-state index is 13.1. The smallest absolute Gasteiger partial charge is 0.138 e. The van der Waals surface area contributed by atoms with Crippen molar-refractivity contribution in [1.82, 2.24) is 0 Å². The minimum Gasteiger partial charge on any atom is -0.379 e. The van der Waals surface area contributed by atoms with Crippen LogP contribution in [0.3, 0.4) is 0 Å². The summed E-state index contributed by atoms with van der Waals surface area (Å²) in [5.74, 6) is -0.249. The summed E-state index contributed by atoms with van der Waals surface area (Å²) in [6.45, 7) is 0.393. The normalized spacial score (nSPS) is 11.6. The molecule has 0 fully saturated rings. The molecule has 1 aromatic rings.